The van der Waals surface area contributed by atoms with Gasteiger partial charge in [0.25, 0.3) is 0 Å². The van der Waals surface area contributed by atoms with Crippen molar-refractivity contribution >= 4 is 11.6 Å². The molecule has 0 saturated heterocycles. The summed E-state index contributed by atoms with van der Waals surface area (Å²) in [5.41, 5.74) is 7.82. The van der Waals surface area contributed by atoms with Gasteiger partial charge < -0.3 is 11.1 Å². The molecule has 0 atom stereocenters. The molecule has 5 heteroatoms. The minimum absolute atomic E-state index is 0.501. The molecule has 2 heterocycles. The van der Waals surface area contributed by atoms with Crippen LogP contribution >= 0.6 is 0 Å². The molecule has 0 unspecified atom stereocenters. The summed E-state index contributed by atoms with van der Waals surface area (Å²) in [5.74, 6) is 2.66. The standard InChI is InChI=1S/C14H17N5/c1-9-3-2-4-11(17-9)8-16-13-7-12(15)18-14(19-13)10-5-6-10/h2-4,7,10H,5-6,8H2,1H3,(H3,15,16,18,19). The van der Waals surface area contributed by atoms with E-state index in [0.29, 0.717) is 18.3 Å². The van der Waals surface area contributed by atoms with Gasteiger partial charge in [-0.25, -0.2) is 9.97 Å². The molecule has 0 amide bonds. The van der Waals surface area contributed by atoms with Crippen molar-refractivity contribution in [3.05, 3.63) is 41.5 Å². The molecular formula is C14H17N5. The predicted octanol–water partition coefficient (Wildman–Crippen LogP) is 2.25. The van der Waals surface area contributed by atoms with Gasteiger partial charge in [-0.15, -0.1) is 0 Å². The molecular weight excluding hydrogens is 238 g/mol. The van der Waals surface area contributed by atoms with Crippen LogP contribution in [0.1, 0.15) is 36.0 Å². The van der Waals surface area contributed by atoms with Crippen molar-refractivity contribution in [1.29, 1.82) is 0 Å². The second kappa shape index (κ2) is 4.84. The van der Waals surface area contributed by atoms with Crippen LogP contribution < -0.4 is 11.1 Å². The number of nitrogens with two attached hydrogens (primary N) is 1. The van der Waals surface area contributed by atoms with E-state index < -0.39 is 0 Å². The molecule has 1 aliphatic carbocycles. The Morgan fingerprint density at radius 1 is 1.26 bits per heavy atom. The number of hydrogen-bond acceptors (Lipinski definition) is 5. The number of nitrogens with one attached hydrogen (secondary N) is 1. The van der Waals surface area contributed by atoms with Crippen LogP contribution in [0.15, 0.2) is 24.3 Å². The third-order valence-electron chi connectivity index (χ3n) is 3.10. The van der Waals surface area contributed by atoms with E-state index in [4.69, 9.17) is 5.73 Å². The smallest absolute Gasteiger partial charge is 0.136 e. The molecule has 0 radical (unpaired) electrons. The number of nitrogen functional groups attached to an aromatic ring is 1. The summed E-state index contributed by atoms with van der Waals surface area (Å²) in [6.07, 6.45) is 2.34. The highest BCUT2D eigenvalue weighted by Gasteiger charge is 2.27. The first-order valence-electron chi connectivity index (χ1n) is 6.51. The number of pyridine rings is 1. The van der Waals surface area contributed by atoms with E-state index in [0.717, 1.165) is 23.0 Å². The molecule has 0 aliphatic heterocycles. The van der Waals surface area contributed by atoms with E-state index in [1.807, 2.05) is 25.1 Å². The van der Waals surface area contributed by atoms with E-state index in [1.54, 1.807) is 6.07 Å². The van der Waals surface area contributed by atoms with Crippen LogP contribution in [-0.4, -0.2) is 15.0 Å². The first-order valence-corrected chi connectivity index (χ1v) is 6.51. The van der Waals surface area contributed by atoms with Gasteiger partial charge in [-0.05, 0) is 31.9 Å². The number of hydrogen-bond donors (Lipinski definition) is 2. The van der Waals surface area contributed by atoms with Gasteiger partial charge in [-0.1, -0.05) is 6.07 Å². The summed E-state index contributed by atoms with van der Waals surface area (Å²) in [4.78, 5) is 13.2. The molecule has 5 nitrogen and oxygen atoms in total. The number of aryl methyl sites for hydroxylation is 1. The molecule has 0 bridgehead atoms. The maximum Gasteiger partial charge on any atom is 0.136 e. The van der Waals surface area contributed by atoms with Crippen molar-refractivity contribution in [2.24, 2.45) is 0 Å². The van der Waals surface area contributed by atoms with E-state index in [1.165, 1.54) is 12.8 Å². The van der Waals surface area contributed by atoms with Crippen LogP contribution in [0, 0.1) is 6.92 Å². The Labute approximate surface area is 112 Å². The van der Waals surface area contributed by atoms with Crippen molar-refractivity contribution in [2.75, 3.05) is 11.1 Å². The summed E-state index contributed by atoms with van der Waals surface area (Å²) in [6, 6.07) is 7.74. The fourth-order valence-corrected chi connectivity index (χ4v) is 1.98. The lowest BCUT2D eigenvalue weighted by Crippen LogP contribution is -2.07. The molecule has 0 spiro atoms. The Kier molecular flexibility index (Phi) is 3.03. The normalized spacial score (nSPS) is 14.4. The summed E-state index contributed by atoms with van der Waals surface area (Å²) >= 11 is 0. The summed E-state index contributed by atoms with van der Waals surface area (Å²) < 4.78 is 0. The average molecular weight is 255 g/mol. The molecule has 0 aromatic carbocycles. The Morgan fingerprint density at radius 2 is 2.11 bits per heavy atom. The summed E-state index contributed by atoms with van der Waals surface area (Å²) in [7, 11) is 0. The lowest BCUT2D eigenvalue weighted by molar-refractivity contribution is 0.920. The molecule has 98 valence electrons. The first-order chi connectivity index (χ1) is 9.20. The number of anilines is 2. The summed E-state index contributed by atoms with van der Waals surface area (Å²) in [6.45, 7) is 2.62. The minimum Gasteiger partial charge on any atom is -0.384 e. The average Bonchev–Trinajstić information content (AvgIpc) is 3.20. The van der Waals surface area contributed by atoms with E-state index in [9.17, 15) is 0 Å². The quantitative estimate of drug-likeness (QED) is 0.876. The van der Waals surface area contributed by atoms with Crippen molar-refractivity contribution in [3.8, 4) is 0 Å². The molecule has 1 aliphatic rings. The van der Waals surface area contributed by atoms with Crippen molar-refractivity contribution in [3.63, 3.8) is 0 Å². The van der Waals surface area contributed by atoms with Gasteiger partial charge in [-0.3, -0.25) is 4.98 Å². The minimum atomic E-state index is 0.501. The molecule has 2 aromatic rings. The highest BCUT2D eigenvalue weighted by Crippen LogP contribution is 2.38. The van der Waals surface area contributed by atoms with Gasteiger partial charge in [0.15, 0.2) is 0 Å². The highest BCUT2D eigenvalue weighted by molar-refractivity contribution is 5.45. The van der Waals surface area contributed by atoms with E-state index in [2.05, 4.69) is 20.3 Å². The van der Waals surface area contributed by atoms with Gasteiger partial charge >= 0.3 is 0 Å². The van der Waals surface area contributed by atoms with Crippen molar-refractivity contribution in [2.45, 2.75) is 32.2 Å². The zero-order chi connectivity index (χ0) is 13.2. The largest absolute Gasteiger partial charge is 0.384 e. The number of nitrogens with zero attached hydrogens (tertiary/aromatic N) is 3. The fraction of sp³-hybridized carbons (Fsp3) is 0.357. The van der Waals surface area contributed by atoms with Crippen molar-refractivity contribution in [1.82, 2.24) is 15.0 Å². The predicted molar refractivity (Wildman–Crippen MR) is 74.7 cm³/mol. The summed E-state index contributed by atoms with van der Waals surface area (Å²) in [5, 5.41) is 3.26. The first kappa shape index (κ1) is 11.9. The number of rotatable bonds is 4. The van der Waals surface area contributed by atoms with E-state index in [-0.39, 0.29) is 0 Å². The van der Waals surface area contributed by atoms with Crippen LogP contribution in [0.2, 0.25) is 0 Å². The third-order valence-corrected chi connectivity index (χ3v) is 3.10. The van der Waals surface area contributed by atoms with Crippen molar-refractivity contribution < 1.29 is 0 Å². The van der Waals surface area contributed by atoms with Crippen LogP contribution in [0.5, 0.6) is 0 Å². The van der Waals surface area contributed by atoms with Gasteiger partial charge in [0.1, 0.15) is 17.5 Å². The Bertz CT molecular complexity index is 592. The maximum atomic E-state index is 5.81. The second-order valence-corrected chi connectivity index (χ2v) is 4.93. The van der Waals surface area contributed by atoms with Crippen LogP contribution in [0.4, 0.5) is 11.6 Å². The molecule has 1 saturated carbocycles. The maximum absolute atomic E-state index is 5.81. The van der Waals surface area contributed by atoms with Gasteiger partial charge in [0.05, 0.1) is 12.2 Å². The Hall–Kier alpha value is -2.17. The molecule has 19 heavy (non-hydrogen) atoms. The monoisotopic (exact) mass is 255 g/mol. The SMILES string of the molecule is Cc1cccc(CNc2cc(N)nc(C3CC3)n2)n1. The zero-order valence-corrected chi connectivity index (χ0v) is 10.9. The molecule has 2 aromatic heterocycles. The Balaban J connectivity index is 1.72. The fourth-order valence-electron chi connectivity index (χ4n) is 1.98. The lowest BCUT2D eigenvalue weighted by Gasteiger charge is -2.08. The molecule has 3 rings (SSSR count). The highest BCUT2D eigenvalue weighted by atomic mass is 15.1. The van der Waals surface area contributed by atoms with E-state index >= 15 is 0 Å². The topological polar surface area (TPSA) is 76.7 Å². The third kappa shape index (κ3) is 2.99. The van der Waals surface area contributed by atoms with Gasteiger partial charge in [-0.2, -0.15) is 0 Å². The number of aromatic nitrogens is 3. The van der Waals surface area contributed by atoms with Gasteiger partial charge in [0.2, 0.25) is 0 Å². The van der Waals surface area contributed by atoms with Gasteiger partial charge in [0, 0.05) is 17.7 Å². The molecule has 1 fully saturated rings. The second-order valence-electron chi connectivity index (χ2n) is 4.93. The van der Waals surface area contributed by atoms with Crippen LogP contribution in [0.3, 0.4) is 0 Å². The zero-order valence-electron chi connectivity index (χ0n) is 10.9. The van der Waals surface area contributed by atoms with Crippen LogP contribution in [-0.2, 0) is 6.54 Å². The van der Waals surface area contributed by atoms with Crippen LogP contribution in [0.25, 0.3) is 0 Å². The Morgan fingerprint density at radius 3 is 2.84 bits per heavy atom. The molecule has 3 N–H and O–H groups in total. The lowest BCUT2D eigenvalue weighted by atomic mass is 10.3.